The van der Waals surface area contributed by atoms with Crippen LogP contribution in [0.5, 0.6) is 0 Å². The first kappa shape index (κ1) is 15.7. The topological polar surface area (TPSA) is 78.6 Å². The maximum Gasteiger partial charge on any atom is 0.240 e. The molecule has 0 spiro atoms. The number of aromatic nitrogens is 1. The fourth-order valence-corrected chi connectivity index (χ4v) is 1.64. The van der Waals surface area contributed by atoms with E-state index in [4.69, 9.17) is 9.63 Å². The molecule has 19 heavy (non-hydrogen) atoms. The predicted octanol–water partition coefficient (Wildman–Crippen LogP) is 1.44. The molecular weight excluding hydrogens is 246 g/mol. The van der Waals surface area contributed by atoms with Gasteiger partial charge in [0.05, 0.1) is 12.2 Å². The van der Waals surface area contributed by atoms with Gasteiger partial charge < -0.3 is 9.63 Å². The van der Waals surface area contributed by atoms with E-state index in [2.05, 4.69) is 10.5 Å². The average Bonchev–Trinajstić information content (AvgIpc) is 2.83. The van der Waals surface area contributed by atoms with Gasteiger partial charge in [-0.3, -0.25) is 15.0 Å². The Kier molecular flexibility index (Phi) is 6.52. The molecule has 108 valence electrons. The number of hydrogen-bond donors (Lipinski definition) is 2. The van der Waals surface area contributed by atoms with E-state index in [1.807, 2.05) is 25.7 Å². The second-order valence-corrected chi connectivity index (χ2v) is 4.76. The SMILES string of the molecule is CCN(CCCO)CC(=O)Nc1cc(C(C)C)no1. The zero-order valence-corrected chi connectivity index (χ0v) is 11.8. The largest absolute Gasteiger partial charge is 0.396 e. The molecule has 1 aromatic rings. The van der Waals surface area contributed by atoms with Crippen LogP contribution in [0.2, 0.25) is 0 Å². The Bertz CT molecular complexity index is 390. The Morgan fingerprint density at radius 3 is 2.84 bits per heavy atom. The van der Waals surface area contributed by atoms with Crippen LogP contribution >= 0.6 is 0 Å². The minimum absolute atomic E-state index is 0.133. The van der Waals surface area contributed by atoms with Gasteiger partial charge in [0.15, 0.2) is 0 Å². The summed E-state index contributed by atoms with van der Waals surface area (Å²) in [5.41, 5.74) is 0.822. The molecule has 6 heteroatoms. The number of anilines is 1. The molecule has 0 radical (unpaired) electrons. The van der Waals surface area contributed by atoms with Crippen LogP contribution in [0.3, 0.4) is 0 Å². The van der Waals surface area contributed by atoms with Crippen molar-refractivity contribution in [1.29, 1.82) is 0 Å². The highest BCUT2D eigenvalue weighted by Crippen LogP contribution is 2.17. The molecule has 0 saturated carbocycles. The normalized spacial score (nSPS) is 11.3. The Morgan fingerprint density at radius 2 is 2.32 bits per heavy atom. The lowest BCUT2D eigenvalue weighted by Gasteiger charge is -2.18. The number of nitrogens with zero attached hydrogens (tertiary/aromatic N) is 2. The van der Waals surface area contributed by atoms with Crippen LogP contribution in [0, 0.1) is 0 Å². The standard InChI is InChI=1S/C13H23N3O3/c1-4-16(6-5-7-17)9-12(18)14-13-8-11(10(2)3)15-19-13/h8,10,17H,4-7,9H2,1-3H3,(H,14,18). The Labute approximate surface area is 113 Å². The molecule has 0 aliphatic heterocycles. The smallest absolute Gasteiger partial charge is 0.240 e. The molecular formula is C13H23N3O3. The van der Waals surface area contributed by atoms with E-state index in [9.17, 15) is 4.79 Å². The number of nitrogens with one attached hydrogen (secondary N) is 1. The van der Waals surface area contributed by atoms with Crippen molar-refractivity contribution < 1.29 is 14.4 Å². The first-order chi connectivity index (χ1) is 9.06. The number of carbonyl (C=O) groups excluding carboxylic acids is 1. The summed E-state index contributed by atoms with van der Waals surface area (Å²) >= 11 is 0. The molecule has 6 nitrogen and oxygen atoms in total. The third-order valence-electron chi connectivity index (χ3n) is 2.83. The Balaban J connectivity index is 2.44. The van der Waals surface area contributed by atoms with E-state index in [1.54, 1.807) is 6.07 Å². The molecule has 0 bridgehead atoms. The molecule has 0 fully saturated rings. The van der Waals surface area contributed by atoms with Gasteiger partial charge in [-0.25, -0.2) is 0 Å². The zero-order chi connectivity index (χ0) is 14.3. The fourth-order valence-electron chi connectivity index (χ4n) is 1.64. The Morgan fingerprint density at radius 1 is 1.58 bits per heavy atom. The number of hydrogen-bond acceptors (Lipinski definition) is 5. The van der Waals surface area contributed by atoms with Gasteiger partial charge in [-0.1, -0.05) is 25.9 Å². The van der Waals surface area contributed by atoms with Gasteiger partial charge >= 0.3 is 0 Å². The third kappa shape index (κ3) is 5.40. The lowest BCUT2D eigenvalue weighted by molar-refractivity contribution is -0.117. The lowest BCUT2D eigenvalue weighted by atomic mass is 10.1. The van der Waals surface area contributed by atoms with E-state index in [1.165, 1.54) is 0 Å². The lowest BCUT2D eigenvalue weighted by Crippen LogP contribution is -2.34. The van der Waals surface area contributed by atoms with Crippen molar-refractivity contribution in [1.82, 2.24) is 10.1 Å². The number of amides is 1. The molecule has 0 unspecified atom stereocenters. The quantitative estimate of drug-likeness (QED) is 0.746. The first-order valence-corrected chi connectivity index (χ1v) is 6.66. The number of carbonyl (C=O) groups is 1. The Hall–Kier alpha value is -1.40. The summed E-state index contributed by atoms with van der Waals surface area (Å²) in [4.78, 5) is 13.8. The fraction of sp³-hybridized carbons (Fsp3) is 0.692. The summed E-state index contributed by atoms with van der Waals surface area (Å²) < 4.78 is 5.05. The van der Waals surface area contributed by atoms with Crippen molar-refractivity contribution >= 4 is 11.8 Å². The number of aliphatic hydroxyl groups is 1. The molecule has 0 atom stereocenters. The molecule has 0 aliphatic rings. The zero-order valence-electron chi connectivity index (χ0n) is 11.8. The minimum Gasteiger partial charge on any atom is -0.396 e. The minimum atomic E-state index is -0.133. The summed E-state index contributed by atoms with van der Waals surface area (Å²) in [7, 11) is 0. The maximum absolute atomic E-state index is 11.8. The molecule has 1 aromatic heterocycles. The van der Waals surface area contributed by atoms with E-state index in [0.717, 1.165) is 12.2 Å². The van der Waals surface area contributed by atoms with Crippen molar-refractivity contribution in [2.24, 2.45) is 0 Å². The molecule has 0 saturated heterocycles. The van der Waals surface area contributed by atoms with E-state index in [-0.39, 0.29) is 25.0 Å². The van der Waals surface area contributed by atoms with Crippen molar-refractivity contribution in [3.05, 3.63) is 11.8 Å². The van der Waals surface area contributed by atoms with Crippen molar-refractivity contribution in [2.45, 2.75) is 33.1 Å². The molecule has 1 rings (SSSR count). The van der Waals surface area contributed by atoms with Crippen molar-refractivity contribution in [2.75, 3.05) is 31.6 Å². The summed E-state index contributed by atoms with van der Waals surface area (Å²) in [5, 5.41) is 15.4. The van der Waals surface area contributed by atoms with Gasteiger partial charge in [-0.2, -0.15) is 0 Å². The highest BCUT2D eigenvalue weighted by molar-refractivity contribution is 5.90. The van der Waals surface area contributed by atoms with E-state index < -0.39 is 0 Å². The van der Waals surface area contributed by atoms with Crippen LogP contribution < -0.4 is 5.32 Å². The molecule has 2 N–H and O–H groups in total. The highest BCUT2D eigenvalue weighted by atomic mass is 16.5. The van der Waals surface area contributed by atoms with Crippen LogP contribution in [0.1, 0.15) is 38.8 Å². The monoisotopic (exact) mass is 269 g/mol. The number of rotatable bonds is 8. The predicted molar refractivity (Wildman–Crippen MR) is 73.0 cm³/mol. The van der Waals surface area contributed by atoms with Crippen LogP contribution in [-0.2, 0) is 4.79 Å². The second kappa shape index (κ2) is 7.91. The summed E-state index contributed by atoms with van der Waals surface area (Å²) in [6, 6.07) is 1.74. The second-order valence-electron chi connectivity index (χ2n) is 4.76. The average molecular weight is 269 g/mol. The van der Waals surface area contributed by atoms with E-state index in [0.29, 0.717) is 18.8 Å². The third-order valence-corrected chi connectivity index (χ3v) is 2.83. The van der Waals surface area contributed by atoms with Gasteiger partial charge in [-0.15, -0.1) is 0 Å². The first-order valence-electron chi connectivity index (χ1n) is 6.66. The van der Waals surface area contributed by atoms with Crippen molar-refractivity contribution in [3.8, 4) is 0 Å². The maximum atomic E-state index is 11.8. The molecule has 0 aromatic carbocycles. The summed E-state index contributed by atoms with van der Waals surface area (Å²) in [6.07, 6.45) is 0.668. The van der Waals surface area contributed by atoms with Gasteiger partial charge in [-0.05, 0) is 18.9 Å². The van der Waals surface area contributed by atoms with Gasteiger partial charge in [0.25, 0.3) is 0 Å². The molecule has 1 heterocycles. The summed E-state index contributed by atoms with van der Waals surface area (Å²) in [6.45, 7) is 7.89. The van der Waals surface area contributed by atoms with Crippen molar-refractivity contribution in [3.63, 3.8) is 0 Å². The summed E-state index contributed by atoms with van der Waals surface area (Å²) in [5.74, 6) is 0.518. The molecule has 0 aliphatic carbocycles. The molecule has 1 amide bonds. The van der Waals surface area contributed by atoms with Gasteiger partial charge in [0, 0.05) is 19.2 Å². The van der Waals surface area contributed by atoms with Gasteiger partial charge in [0.1, 0.15) is 0 Å². The van der Waals surface area contributed by atoms with E-state index >= 15 is 0 Å². The van der Waals surface area contributed by atoms with Crippen LogP contribution in [0.25, 0.3) is 0 Å². The van der Waals surface area contributed by atoms with Gasteiger partial charge in [0.2, 0.25) is 11.8 Å². The van der Waals surface area contributed by atoms with Crippen LogP contribution in [0.4, 0.5) is 5.88 Å². The van der Waals surface area contributed by atoms with Crippen LogP contribution in [0.15, 0.2) is 10.6 Å². The highest BCUT2D eigenvalue weighted by Gasteiger charge is 2.12. The number of aliphatic hydroxyl groups excluding tert-OH is 1. The van der Waals surface area contributed by atoms with Crippen LogP contribution in [-0.4, -0.2) is 47.3 Å². The number of likely N-dealkylation sites (N-methyl/N-ethyl adjacent to an activating group) is 1.